The molecule has 1 fully saturated rings. The predicted molar refractivity (Wildman–Crippen MR) is 118 cm³/mol. The van der Waals surface area contributed by atoms with E-state index < -0.39 is 10.0 Å². The van der Waals surface area contributed by atoms with Gasteiger partial charge in [0, 0.05) is 31.3 Å². The molecule has 1 amide bonds. The molecule has 4 rings (SSSR count). The molecule has 174 valence electrons. The number of rotatable bonds is 7. The smallest absolute Gasteiger partial charge is 0.254 e. The average Bonchev–Trinajstić information content (AvgIpc) is 3.32. The molecule has 1 saturated heterocycles. The van der Waals surface area contributed by atoms with Crippen LogP contribution in [0.5, 0.6) is 5.75 Å². The fraction of sp³-hybridized carbons (Fsp3) is 0.318. The zero-order valence-corrected chi connectivity index (χ0v) is 19.1. The third-order valence-corrected chi connectivity index (χ3v) is 7.16. The zero-order valence-electron chi connectivity index (χ0n) is 18.3. The van der Waals surface area contributed by atoms with Crippen molar-refractivity contribution in [2.75, 3.05) is 40.5 Å². The summed E-state index contributed by atoms with van der Waals surface area (Å²) in [4.78, 5) is 18.7. The van der Waals surface area contributed by atoms with Crippen LogP contribution < -0.4 is 4.74 Å². The van der Waals surface area contributed by atoms with Crippen LogP contribution >= 0.6 is 0 Å². The topological polar surface area (TPSA) is 115 Å². The summed E-state index contributed by atoms with van der Waals surface area (Å²) in [5.41, 5.74) is 1.12. The lowest BCUT2D eigenvalue weighted by atomic mass is 10.2. The highest BCUT2D eigenvalue weighted by Crippen LogP contribution is 2.21. The van der Waals surface area contributed by atoms with E-state index in [2.05, 4.69) is 10.1 Å². The van der Waals surface area contributed by atoms with E-state index in [1.165, 1.54) is 33.5 Å². The van der Waals surface area contributed by atoms with Gasteiger partial charge in [-0.2, -0.15) is 9.29 Å². The Morgan fingerprint density at radius 1 is 1.09 bits per heavy atom. The van der Waals surface area contributed by atoms with Crippen LogP contribution in [0.2, 0.25) is 0 Å². The van der Waals surface area contributed by atoms with Crippen molar-refractivity contribution >= 4 is 15.9 Å². The molecule has 0 aliphatic carbocycles. The first kappa shape index (κ1) is 22.9. The number of amides is 1. The molecular formula is C22H24N4O6S. The highest BCUT2D eigenvalue weighted by atomic mass is 32.2. The molecule has 1 aliphatic heterocycles. The summed E-state index contributed by atoms with van der Waals surface area (Å²) in [5, 5.41) is 3.96. The minimum absolute atomic E-state index is 0.107. The maximum atomic E-state index is 12.8. The van der Waals surface area contributed by atoms with Crippen LogP contribution in [0.25, 0.3) is 11.4 Å². The predicted octanol–water partition coefficient (Wildman–Crippen LogP) is 2.04. The molecule has 10 nitrogen and oxygen atoms in total. The summed E-state index contributed by atoms with van der Waals surface area (Å²) in [7, 11) is -0.417. The second kappa shape index (κ2) is 9.69. The van der Waals surface area contributed by atoms with E-state index in [9.17, 15) is 13.2 Å². The summed E-state index contributed by atoms with van der Waals surface area (Å²) in [5.74, 6) is 1.11. The number of aromatic nitrogens is 2. The molecule has 11 heteroatoms. The Bertz CT molecular complexity index is 1200. The van der Waals surface area contributed by atoms with Crippen LogP contribution in [0.15, 0.2) is 57.9 Å². The number of carbonyl (C=O) groups is 1. The van der Waals surface area contributed by atoms with Gasteiger partial charge < -0.3 is 18.9 Å². The lowest BCUT2D eigenvalue weighted by Gasteiger charge is -2.26. The lowest BCUT2D eigenvalue weighted by molar-refractivity contribution is 0.0730. The maximum absolute atomic E-state index is 12.8. The van der Waals surface area contributed by atoms with Crippen LogP contribution in [0.4, 0.5) is 0 Å². The van der Waals surface area contributed by atoms with Gasteiger partial charge in [-0.1, -0.05) is 5.16 Å². The number of hydrogen-bond acceptors (Lipinski definition) is 8. The van der Waals surface area contributed by atoms with Crippen molar-refractivity contribution < 1.29 is 27.2 Å². The van der Waals surface area contributed by atoms with Gasteiger partial charge in [0.25, 0.3) is 5.91 Å². The second-order valence-electron chi connectivity index (χ2n) is 7.44. The van der Waals surface area contributed by atoms with Crippen molar-refractivity contribution in [3.05, 3.63) is 60.0 Å². The molecule has 2 heterocycles. The molecule has 0 radical (unpaired) electrons. The quantitative estimate of drug-likeness (QED) is 0.513. The third-order valence-electron chi connectivity index (χ3n) is 5.24. The number of hydrogen-bond donors (Lipinski definition) is 0. The van der Waals surface area contributed by atoms with Gasteiger partial charge >= 0.3 is 0 Å². The van der Waals surface area contributed by atoms with E-state index in [1.807, 2.05) is 12.1 Å². The number of methoxy groups -OCH3 is 1. The molecule has 1 aromatic heterocycles. The number of ether oxygens (including phenoxy) is 2. The van der Waals surface area contributed by atoms with E-state index >= 15 is 0 Å². The third kappa shape index (κ3) is 5.05. The van der Waals surface area contributed by atoms with Crippen LogP contribution in [-0.2, 0) is 21.3 Å². The first-order valence-electron chi connectivity index (χ1n) is 10.3. The van der Waals surface area contributed by atoms with Crippen molar-refractivity contribution in [3.63, 3.8) is 0 Å². The van der Waals surface area contributed by atoms with Crippen molar-refractivity contribution in [3.8, 4) is 17.1 Å². The van der Waals surface area contributed by atoms with Crippen LogP contribution in [0.1, 0.15) is 16.2 Å². The van der Waals surface area contributed by atoms with Crippen LogP contribution in [-0.4, -0.2) is 74.1 Å². The lowest BCUT2D eigenvalue weighted by Crippen LogP contribution is -2.40. The Morgan fingerprint density at radius 2 is 1.76 bits per heavy atom. The number of morpholine rings is 1. The summed E-state index contributed by atoms with van der Waals surface area (Å²) < 4.78 is 42.5. The first-order valence-corrected chi connectivity index (χ1v) is 11.7. The largest absolute Gasteiger partial charge is 0.497 e. The van der Waals surface area contributed by atoms with E-state index in [0.29, 0.717) is 37.7 Å². The Hall–Kier alpha value is -3.28. The van der Waals surface area contributed by atoms with Crippen molar-refractivity contribution in [1.29, 1.82) is 0 Å². The van der Waals surface area contributed by atoms with Gasteiger partial charge in [0.05, 0.1) is 31.8 Å². The Balaban J connectivity index is 1.41. The molecule has 0 saturated carbocycles. The van der Waals surface area contributed by atoms with E-state index in [1.54, 1.807) is 26.3 Å². The van der Waals surface area contributed by atoms with Gasteiger partial charge in [0.2, 0.25) is 21.7 Å². The van der Waals surface area contributed by atoms with Crippen molar-refractivity contribution in [2.24, 2.45) is 0 Å². The maximum Gasteiger partial charge on any atom is 0.254 e. The monoisotopic (exact) mass is 472 g/mol. The summed E-state index contributed by atoms with van der Waals surface area (Å²) >= 11 is 0. The number of benzene rings is 2. The van der Waals surface area contributed by atoms with Gasteiger partial charge in [-0.3, -0.25) is 4.79 Å². The minimum Gasteiger partial charge on any atom is -0.497 e. The standard InChI is InChI=1S/C22H24N4O6S/c1-25(15-20-23-21(24-32-20)16-3-7-18(30-2)8-4-16)22(27)17-5-9-19(10-6-17)33(28,29)26-11-13-31-14-12-26/h3-10H,11-15H2,1-2H3. The Morgan fingerprint density at radius 3 is 2.39 bits per heavy atom. The fourth-order valence-corrected chi connectivity index (χ4v) is 4.78. The van der Waals surface area contributed by atoms with E-state index in [-0.39, 0.29) is 23.2 Å². The SMILES string of the molecule is COc1ccc(-c2noc(CN(C)C(=O)c3ccc(S(=O)(=O)N4CCOCC4)cc3)n2)cc1. The number of carbonyl (C=O) groups excluding carboxylic acids is 1. The fourth-order valence-electron chi connectivity index (χ4n) is 3.38. The van der Waals surface area contributed by atoms with Gasteiger partial charge in [0.1, 0.15) is 5.75 Å². The molecule has 0 atom stereocenters. The summed E-state index contributed by atoms with van der Waals surface area (Å²) in [6.07, 6.45) is 0. The van der Waals surface area contributed by atoms with E-state index in [4.69, 9.17) is 14.0 Å². The average molecular weight is 473 g/mol. The normalized spacial score (nSPS) is 14.7. The van der Waals surface area contributed by atoms with Crippen molar-refractivity contribution in [1.82, 2.24) is 19.3 Å². The highest BCUT2D eigenvalue weighted by molar-refractivity contribution is 7.89. The Labute approximate surface area is 191 Å². The number of nitrogens with zero attached hydrogens (tertiary/aromatic N) is 4. The highest BCUT2D eigenvalue weighted by Gasteiger charge is 2.26. The molecule has 33 heavy (non-hydrogen) atoms. The Kier molecular flexibility index (Phi) is 6.72. The van der Waals surface area contributed by atoms with Gasteiger partial charge in [0.15, 0.2) is 0 Å². The van der Waals surface area contributed by atoms with Crippen LogP contribution in [0, 0.1) is 0 Å². The molecule has 0 N–H and O–H groups in total. The zero-order chi connectivity index (χ0) is 23.4. The first-order chi connectivity index (χ1) is 15.9. The second-order valence-corrected chi connectivity index (χ2v) is 9.38. The van der Waals surface area contributed by atoms with Crippen molar-refractivity contribution in [2.45, 2.75) is 11.4 Å². The summed E-state index contributed by atoms with van der Waals surface area (Å²) in [6.45, 7) is 1.48. The number of sulfonamides is 1. The molecule has 1 aliphatic rings. The van der Waals surface area contributed by atoms with Gasteiger partial charge in [-0.05, 0) is 48.5 Å². The molecular weight excluding hydrogens is 448 g/mol. The molecule has 0 bridgehead atoms. The van der Waals surface area contributed by atoms with Gasteiger partial charge in [-0.15, -0.1) is 0 Å². The summed E-state index contributed by atoms with van der Waals surface area (Å²) in [6, 6.07) is 13.1. The van der Waals surface area contributed by atoms with Crippen LogP contribution in [0.3, 0.4) is 0 Å². The van der Waals surface area contributed by atoms with Gasteiger partial charge in [-0.25, -0.2) is 8.42 Å². The molecule has 0 unspecified atom stereocenters. The minimum atomic E-state index is -3.61. The molecule has 0 spiro atoms. The molecule has 3 aromatic rings. The molecule has 2 aromatic carbocycles. The van der Waals surface area contributed by atoms with E-state index in [0.717, 1.165) is 11.3 Å².